The van der Waals surface area contributed by atoms with E-state index in [-0.39, 0.29) is 17.5 Å². The highest BCUT2D eigenvalue weighted by molar-refractivity contribution is 6.04. The summed E-state index contributed by atoms with van der Waals surface area (Å²) in [6.45, 7) is 5.50. The van der Waals surface area contributed by atoms with E-state index in [9.17, 15) is 9.59 Å². The van der Waals surface area contributed by atoms with Crippen LogP contribution in [-0.2, 0) is 0 Å². The normalized spacial score (nSPS) is 10.4. The molecule has 27 heavy (non-hydrogen) atoms. The minimum absolute atomic E-state index is 0.0644. The maximum atomic E-state index is 12.7. The quantitative estimate of drug-likeness (QED) is 0.772. The average Bonchev–Trinajstić information content (AvgIpc) is 2.67. The molecule has 1 N–H and O–H groups in total. The van der Waals surface area contributed by atoms with E-state index in [0.717, 1.165) is 18.5 Å². The highest BCUT2D eigenvalue weighted by atomic mass is 16.2. The third-order valence-electron chi connectivity index (χ3n) is 4.16. The molecule has 0 saturated heterocycles. The number of amides is 2. The molecule has 0 unspecified atom stereocenters. The Morgan fingerprint density at radius 1 is 1.00 bits per heavy atom. The Balaban J connectivity index is 2.13. The molecule has 1 aromatic heterocycles. The molecule has 2 aromatic rings. The standard InChI is InChI=1S/C21H28N4O2/c1-5-13-25(14-6-2)21(27)16-11-12-22-19(15-16)20(26)23-17-7-9-18(10-8-17)24(3)4/h7-12,15H,5-6,13-14H2,1-4H3,(H,23,26). The van der Waals surface area contributed by atoms with Gasteiger partial charge in [-0.15, -0.1) is 0 Å². The van der Waals surface area contributed by atoms with Crippen LogP contribution in [0.5, 0.6) is 0 Å². The van der Waals surface area contributed by atoms with Crippen LogP contribution in [0.15, 0.2) is 42.6 Å². The molecule has 0 spiro atoms. The summed E-state index contributed by atoms with van der Waals surface area (Å²) in [6, 6.07) is 10.7. The van der Waals surface area contributed by atoms with E-state index in [4.69, 9.17) is 0 Å². The van der Waals surface area contributed by atoms with Crippen molar-refractivity contribution in [2.45, 2.75) is 26.7 Å². The van der Waals surface area contributed by atoms with Gasteiger partial charge in [-0.2, -0.15) is 0 Å². The Kier molecular flexibility index (Phi) is 7.34. The third kappa shape index (κ3) is 5.54. The largest absolute Gasteiger partial charge is 0.378 e. The number of pyridine rings is 1. The first kappa shape index (κ1) is 20.4. The first-order valence-corrected chi connectivity index (χ1v) is 9.30. The molecule has 2 amide bonds. The van der Waals surface area contributed by atoms with Gasteiger partial charge in [0, 0.05) is 50.3 Å². The molecule has 0 aliphatic rings. The van der Waals surface area contributed by atoms with Gasteiger partial charge in [-0.25, -0.2) is 0 Å². The van der Waals surface area contributed by atoms with E-state index in [1.54, 1.807) is 12.1 Å². The zero-order valence-electron chi connectivity index (χ0n) is 16.5. The van der Waals surface area contributed by atoms with Crippen LogP contribution in [0.2, 0.25) is 0 Å². The summed E-state index contributed by atoms with van der Waals surface area (Å²) in [5, 5.41) is 2.83. The van der Waals surface area contributed by atoms with Crippen LogP contribution in [0.1, 0.15) is 47.5 Å². The van der Waals surface area contributed by atoms with Crippen molar-refractivity contribution in [1.82, 2.24) is 9.88 Å². The van der Waals surface area contributed by atoms with E-state index in [1.807, 2.05) is 62.0 Å². The molecule has 0 saturated carbocycles. The van der Waals surface area contributed by atoms with Crippen LogP contribution in [-0.4, -0.2) is 48.9 Å². The van der Waals surface area contributed by atoms with Gasteiger partial charge >= 0.3 is 0 Å². The topological polar surface area (TPSA) is 65.5 Å². The van der Waals surface area contributed by atoms with E-state index in [0.29, 0.717) is 24.3 Å². The SMILES string of the molecule is CCCN(CCC)C(=O)c1ccnc(C(=O)Nc2ccc(N(C)C)cc2)c1. The number of nitrogens with one attached hydrogen (secondary N) is 1. The molecule has 0 fully saturated rings. The second kappa shape index (κ2) is 9.71. The van der Waals surface area contributed by atoms with Crippen molar-refractivity contribution < 1.29 is 9.59 Å². The molecule has 0 atom stereocenters. The van der Waals surface area contributed by atoms with Gasteiger partial charge < -0.3 is 15.1 Å². The van der Waals surface area contributed by atoms with Crippen molar-refractivity contribution in [2.24, 2.45) is 0 Å². The van der Waals surface area contributed by atoms with E-state index in [1.165, 1.54) is 6.20 Å². The molecule has 0 bridgehead atoms. The highest BCUT2D eigenvalue weighted by Crippen LogP contribution is 2.16. The Bertz CT molecular complexity index is 766. The minimum Gasteiger partial charge on any atom is -0.378 e. The summed E-state index contributed by atoms with van der Waals surface area (Å²) in [5.74, 6) is -0.398. The van der Waals surface area contributed by atoms with Crippen LogP contribution in [0.25, 0.3) is 0 Å². The Morgan fingerprint density at radius 2 is 1.63 bits per heavy atom. The lowest BCUT2D eigenvalue weighted by Gasteiger charge is -2.21. The first-order valence-electron chi connectivity index (χ1n) is 9.30. The number of carbonyl (C=O) groups is 2. The Labute approximate surface area is 161 Å². The molecule has 2 rings (SSSR count). The first-order chi connectivity index (χ1) is 13.0. The lowest BCUT2D eigenvalue weighted by molar-refractivity contribution is 0.0755. The zero-order valence-corrected chi connectivity index (χ0v) is 16.5. The minimum atomic E-state index is -0.334. The fourth-order valence-electron chi connectivity index (χ4n) is 2.76. The Hall–Kier alpha value is -2.89. The predicted molar refractivity (Wildman–Crippen MR) is 109 cm³/mol. The number of hydrogen-bond acceptors (Lipinski definition) is 4. The lowest BCUT2D eigenvalue weighted by Crippen LogP contribution is -2.32. The molecule has 0 aliphatic heterocycles. The van der Waals surface area contributed by atoms with Gasteiger partial charge in [0.1, 0.15) is 5.69 Å². The van der Waals surface area contributed by atoms with Crippen molar-refractivity contribution in [3.63, 3.8) is 0 Å². The van der Waals surface area contributed by atoms with Crippen LogP contribution in [0.3, 0.4) is 0 Å². The van der Waals surface area contributed by atoms with Crippen molar-refractivity contribution in [3.8, 4) is 0 Å². The van der Waals surface area contributed by atoms with Gasteiger partial charge in [0.25, 0.3) is 11.8 Å². The average molecular weight is 368 g/mol. The molecule has 0 radical (unpaired) electrons. The fraction of sp³-hybridized carbons (Fsp3) is 0.381. The molecular formula is C21H28N4O2. The second-order valence-corrected chi connectivity index (χ2v) is 6.62. The number of rotatable bonds is 8. The number of benzene rings is 1. The summed E-state index contributed by atoms with van der Waals surface area (Å²) in [5.41, 5.74) is 2.44. The maximum absolute atomic E-state index is 12.7. The number of anilines is 2. The molecule has 144 valence electrons. The predicted octanol–water partition coefficient (Wildman–Crippen LogP) is 3.66. The third-order valence-corrected chi connectivity index (χ3v) is 4.16. The van der Waals surface area contributed by atoms with E-state index >= 15 is 0 Å². The van der Waals surface area contributed by atoms with Crippen molar-refractivity contribution in [1.29, 1.82) is 0 Å². The van der Waals surface area contributed by atoms with Crippen LogP contribution in [0, 0.1) is 0 Å². The van der Waals surface area contributed by atoms with Gasteiger partial charge in [0.15, 0.2) is 0 Å². The van der Waals surface area contributed by atoms with Crippen molar-refractivity contribution in [3.05, 3.63) is 53.9 Å². The number of carbonyl (C=O) groups excluding carboxylic acids is 2. The smallest absolute Gasteiger partial charge is 0.274 e. The second-order valence-electron chi connectivity index (χ2n) is 6.62. The van der Waals surface area contributed by atoms with Gasteiger partial charge in [-0.3, -0.25) is 14.6 Å². The Morgan fingerprint density at radius 3 is 2.19 bits per heavy atom. The van der Waals surface area contributed by atoms with Gasteiger partial charge in [-0.05, 0) is 49.2 Å². The fourth-order valence-corrected chi connectivity index (χ4v) is 2.76. The number of aromatic nitrogens is 1. The molecular weight excluding hydrogens is 340 g/mol. The van der Waals surface area contributed by atoms with Gasteiger partial charge in [0.2, 0.25) is 0 Å². The number of hydrogen-bond donors (Lipinski definition) is 1. The van der Waals surface area contributed by atoms with Gasteiger partial charge in [0.05, 0.1) is 0 Å². The summed E-state index contributed by atoms with van der Waals surface area (Å²) in [6.07, 6.45) is 3.30. The van der Waals surface area contributed by atoms with Crippen LogP contribution >= 0.6 is 0 Å². The van der Waals surface area contributed by atoms with E-state index < -0.39 is 0 Å². The summed E-state index contributed by atoms with van der Waals surface area (Å²) < 4.78 is 0. The molecule has 0 aliphatic carbocycles. The summed E-state index contributed by atoms with van der Waals surface area (Å²) >= 11 is 0. The van der Waals surface area contributed by atoms with Crippen molar-refractivity contribution in [2.75, 3.05) is 37.4 Å². The van der Waals surface area contributed by atoms with Crippen molar-refractivity contribution >= 4 is 23.2 Å². The van der Waals surface area contributed by atoms with Gasteiger partial charge in [-0.1, -0.05) is 13.8 Å². The molecule has 6 nitrogen and oxygen atoms in total. The highest BCUT2D eigenvalue weighted by Gasteiger charge is 2.17. The van der Waals surface area contributed by atoms with Crippen LogP contribution in [0.4, 0.5) is 11.4 Å². The molecule has 1 heterocycles. The zero-order chi connectivity index (χ0) is 19.8. The monoisotopic (exact) mass is 368 g/mol. The summed E-state index contributed by atoms with van der Waals surface area (Å²) in [4.78, 5) is 33.2. The maximum Gasteiger partial charge on any atom is 0.274 e. The number of nitrogens with zero attached hydrogens (tertiary/aromatic N) is 3. The van der Waals surface area contributed by atoms with E-state index in [2.05, 4.69) is 10.3 Å². The lowest BCUT2D eigenvalue weighted by atomic mass is 10.1. The van der Waals surface area contributed by atoms with Crippen LogP contribution < -0.4 is 10.2 Å². The molecule has 6 heteroatoms. The molecule has 1 aromatic carbocycles. The summed E-state index contributed by atoms with van der Waals surface area (Å²) in [7, 11) is 3.92.